The molecule has 0 fully saturated rings. The Morgan fingerprint density at radius 3 is 1.00 bits per heavy atom. The van der Waals surface area contributed by atoms with Gasteiger partial charge in [0, 0.05) is 0 Å². The number of hydrogen-bond acceptors (Lipinski definition) is 5. The van der Waals surface area contributed by atoms with Gasteiger partial charge in [0.2, 0.25) is 0 Å². The Balaban J connectivity index is -0.0000000146. The average molecular weight is 212 g/mol. The first-order valence-electron chi connectivity index (χ1n) is 2.24. The second-order valence-electron chi connectivity index (χ2n) is 1.94. The first-order valence-corrected chi connectivity index (χ1v) is 4.02. The van der Waals surface area contributed by atoms with Crippen molar-refractivity contribution in [2.45, 2.75) is 0 Å². The van der Waals surface area contributed by atoms with Crippen LogP contribution in [-0.4, -0.2) is 94.7 Å². The van der Waals surface area contributed by atoms with Crippen LogP contribution in [0.3, 0.4) is 0 Å². The zero-order valence-electron chi connectivity index (χ0n) is 8.44. The van der Waals surface area contributed by atoms with Crippen LogP contribution < -0.4 is 0 Å². The van der Waals surface area contributed by atoms with E-state index in [1.807, 2.05) is 26.0 Å². The van der Waals surface area contributed by atoms with Gasteiger partial charge in [-0.05, 0) is 21.1 Å². The van der Waals surface area contributed by atoms with Crippen molar-refractivity contribution >= 4 is 49.5 Å². The molecule has 5 nitrogen and oxygen atoms in total. The quantitative estimate of drug-likeness (QED) is 0.309. The molecule has 68 valence electrons. The van der Waals surface area contributed by atoms with E-state index in [0.29, 0.717) is 0 Å². The molecule has 0 amide bonds. The Bertz CT molecular complexity index is 70.1. The Hall–Kier alpha value is 1.32. The molecule has 0 spiro atoms. The molecular weight excluding hydrogens is 193 g/mol. The van der Waals surface area contributed by atoms with E-state index >= 15 is 0 Å². The predicted molar refractivity (Wildman–Crippen MR) is 52.2 cm³/mol. The standard InChI is InChI=1S/C3H9N.Al.Mg.H4O4Si.5H/c1-4(2)3;;;1-5(2,3)4;;;;;/h1-3H3;;;1-4H;;;;;/q;;+2;;;;;2*-1. The van der Waals surface area contributed by atoms with Crippen LogP contribution in [0.15, 0.2) is 0 Å². The minimum Gasteiger partial charge on any atom is -1.00 e. The maximum atomic E-state index is 7.33. The van der Waals surface area contributed by atoms with Crippen LogP contribution in [0.2, 0.25) is 0 Å². The maximum absolute atomic E-state index is 7.33. The molecule has 0 aromatic carbocycles. The Kier molecular flexibility index (Phi) is 23.5. The molecule has 0 aliphatic heterocycles. The fraction of sp³-hybridized carbons (Fsp3) is 1.00. The summed E-state index contributed by atoms with van der Waals surface area (Å²) in [6.07, 6.45) is 0. The van der Waals surface area contributed by atoms with Crippen LogP contribution in [-0.2, 0) is 0 Å². The second kappa shape index (κ2) is 11.3. The summed E-state index contributed by atoms with van der Waals surface area (Å²) in [6.45, 7) is 0. The van der Waals surface area contributed by atoms with E-state index < -0.39 is 9.05 Å². The van der Waals surface area contributed by atoms with Crippen molar-refractivity contribution in [3.8, 4) is 0 Å². The van der Waals surface area contributed by atoms with Gasteiger partial charge in [0.05, 0.1) is 0 Å². The molecule has 0 bridgehead atoms. The summed E-state index contributed by atoms with van der Waals surface area (Å²) < 4.78 is 0. The van der Waals surface area contributed by atoms with Gasteiger partial charge in [0.1, 0.15) is 0 Å². The normalized spacial score (nSPS) is 8.73. The van der Waals surface area contributed by atoms with E-state index in [-0.39, 0.29) is 43.3 Å². The summed E-state index contributed by atoms with van der Waals surface area (Å²) in [4.78, 5) is 31.3. The van der Waals surface area contributed by atoms with Gasteiger partial charge in [0.25, 0.3) is 0 Å². The number of nitrogens with zero attached hydrogens (tertiary/aromatic N) is 1. The summed E-state index contributed by atoms with van der Waals surface area (Å²) >= 11 is 0. The molecule has 0 saturated carbocycles. The van der Waals surface area contributed by atoms with Gasteiger partial charge in [0.15, 0.2) is 17.4 Å². The van der Waals surface area contributed by atoms with Crippen molar-refractivity contribution in [3.05, 3.63) is 0 Å². The van der Waals surface area contributed by atoms with Crippen LogP contribution >= 0.6 is 0 Å². The Morgan fingerprint density at radius 2 is 1.00 bits per heavy atom. The maximum Gasteiger partial charge on any atom is 2.00 e. The summed E-state index contributed by atoms with van der Waals surface area (Å²) in [5.74, 6) is 0. The molecule has 11 heavy (non-hydrogen) atoms. The monoisotopic (exact) mass is 211 g/mol. The van der Waals surface area contributed by atoms with Crippen molar-refractivity contribution < 1.29 is 22.0 Å². The van der Waals surface area contributed by atoms with Crippen molar-refractivity contribution in [3.63, 3.8) is 0 Å². The Morgan fingerprint density at radius 1 is 1.00 bits per heavy atom. The van der Waals surface area contributed by atoms with Gasteiger partial charge in [-0.25, -0.2) is 0 Å². The SMILES string of the molecule is CN(C)C.O[Si](O)(O)O.[AlH3].[H-].[H-].[Mg+2]. The summed E-state index contributed by atoms with van der Waals surface area (Å²) in [7, 11) is 1.39. The molecule has 0 radical (unpaired) electrons. The second-order valence-corrected chi connectivity index (χ2v) is 3.14. The number of hydrogen-bond donors (Lipinski definition) is 4. The molecule has 0 aliphatic rings. The minimum atomic E-state index is -4.61. The molecule has 0 aromatic heterocycles. The van der Waals surface area contributed by atoms with E-state index in [4.69, 9.17) is 19.2 Å². The van der Waals surface area contributed by atoms with Gasteiger partial charge in [-0.3, -0.25) is 0 Å². The van der Waals surface area contributed by atoms with Gasteiger partial charge in [-0.2, -0.15) is 0 Å². The number of rotatable bonds is 0. The van der Waals surface area contributed by atoms with Crippen LogP contribution in [0.1, 0.15) is 2.85 Å². The minimum absolute atomic E-state index is 0. The van der Waals surface area contributed by atoms with Crippen LogP contribution in [0.25, 0.3) is 0 Å². The van der Waals surface area contributed by atoms with Crippen LogP contribution in [0, 0.1) is 0 Å². The zero-order chi connectivity index (χ0) is 8.08. The summed E-state index contributed by atoms with van der Waals surface area (Å²) in [5.41, 5.74) is 0. The fourth-order valence-corrected chi connectivity index (χ4v) is 0. The van der Waals surface area contributed by atoms with Gasteiger partial charge in [-0.15, -0.1) is 0 Å². The molecule has 0 saturated heterocycles. The van der Waals surface area contributed by atoms with Crippen molar-refractivity contribution in [2.24, 2.45) is 0 Å². The first-order chi connectivity index (χ1) is 3.73. The molecule has 0 rings (SSSR count). The van der Waals surface area contributed by atoms with Crippen molar-refractivity contribution in [1.29, 1.82) is 0 Å². The van der Waals surface area contributed by atoms with Crippen LogP contribution in [0.5, 0.6) is 0 Å². The van der Waals surface area contributed by atoms with E-state index in [2.05, 4.69) is 0 Å². The third kappa shape index (κ3) is 567. The van der Waals surface area contributed by atoms with E-state index in [1.165, 1.54) is 0 Å². The largest absolute Gasteiger partial charge is 2.00 e. The van der Waals surface area contributed by atoms with Crippen molar-refractivity contribution in [2.75, 3.05) is 21.1 Å². The van der Waals surface area contributed by atoms with E-state index in [1.54, 1.807) is 0 Å². The molecule has 0 unspecified atom stereocenters. The zero-order valence-corrected chi connectivity index (χ0v) is 8.86. The van der Waals surface area contributed by atoms with Gasteiger partial charge in [-0.1, -0.05) is 0 Å². The molecule has 0 atom stereocenters. The topological polar surface area (TPSA) is 84.2 Å². The molecular formula is C3H18AlMgNO4Si. The Labute approximate surface area is 97.4 Å². The molecule has 0 aromatic rings. The smallest absolute Gasteiger partial charge is 1.00 e. The van der Waals surface area contributed by atoms with Gasteiger partial charge < -0.3 is 26.9 Å². The van der Waals surface area contributed by atoms with Crippen LogP contribution in [0.4, 0.5) is 0 Å². The fourth-order valence-electron chi connectivity index (χ4n) is 0. The average Bonchev–Trinajstić information content (AvgIpc) is 1.19. The summed E-state index contributed by atoms with van der Waals surface area (Å²) in [6, 6.07) is 0. The summed E-state index contributed by atoms with van der Waals surface area (Å²) in [5, 5.41) is 0. The molecule has 4 N–H and O–H groups in total. The predicted octanol–water partition coefficient (Wildman–Crippen LogP) is -3.77. The van der Waals surface area contributed by atoms with Crippen molar-refractivity contribution in [1.82, 2.24) is 4.90 Å². The van der Waals surface area contributed by atoms with E-state index in [9.17, 15) is 0 Å². The van der Waals surface area contributed by atoms with Gasteiger partial charge >= 0.3 is 32.1 Å². The molecule has 0 aliphatic carbocycles. The third-order valence-corrected chi connectivity index (χ3v) is 0. The first kappa shape index (κ1) is 22.8. The molecule has 0 heterocycles. The molecule has 8 heteroatoms. The third-order valence-electron chi connectivity index (χ3n) is 0. The van der Waals surface area contributed by atoms with E-state index in [0.717, 1.165) is 0 Å².